The molecule has 2 aliphatic heterocycles. The number of ether oxygens (including phenoxy) is 1. The van der Waals surface area contributed by atoms with Gasteiger partial charge in [0.15, 0.2) is 0 Å². The molecular formula is C20H26FN5O2. The molecule has 0 radical (unpaired) electrons. The Morgan fingerprint density at radius 1 is 1.32 bits per heavy atom. The van der Waals surface area contributed by atoms with Gasteiger partial charge in [0.2, 0.25) is 11.9 Å². The van der Waals surface area contributed by atoms with E-state index in [0.29, 0.717) is 30.5 Å². The maximum atomic E-state index is 13.7. The summed E-state index contributed by atoms with van der Waals surface area (Å²) in [5, 5.41) is 11.7. The van der Waals surface area contributed by atoms with Gasteiger partial charge in [-0.25, -0.2) is 4.39 Å². The van der Waals surface area contributed by atoms with Gasteiger partial charge < -0.3 is 15.0 Å². The summed E-state index contributed by atoms with van der Waals surface area (Å²) in [6.45, 7) is 5.60. The van der Waals surface area contributed by atoms with Crippen LogP contribution in [0.1, 0.15) is 44.0 Å². The molecule has 0 bridgehead atoms. The highest BCUT2D eigenvalue weighted by Crippen LogP contribution is 2.33. The molecule has 8 heteroatoms. The van der Waals surface area contributed by atoms with E-state index in [1.807, 2.05) is 11.5 Å². The Kier molecular flexibility index (Phi) is 5.05. The fraction of sp³-hybridized carbons (Fsp3) is 0.550. The molecule has 1 fully saturated rings. The van der Waals surface area contributed by atoms with Crippen molar-refractivity contribution in [2.75, 3.05) is 23.9 Å². The van der Waals surface area contributed by atoms with Gasteiger partial charge in [-0.2, -0.15) is 0 Å². The maximum absolute atomic E-state index is 13.7. The number of fused-ring (bicyclic) bond motifs is 1. The molecule has 1 N–H and O–H groups in total. The van der Waals surface area contributed by atoms with Gasteiger partial charge in [0.05, 0.1) is 6.10 Å². The lowest BCUT2D eigenvalue weighted by Crippen LogP contribution is -2.46. The van der Waals surface area contributed by atoms with Crippen molar-refractivity contribution in [3.05, 3.63) is 35.4 Å². The van der Waals surface area contributed by atoms with Crippen LogP contribution < -0.4 is 10.2 Å². The fourth-order valence-electron chi connectivity index (χ4n) is 4.22. The molecule has 7 nitrogen and oxygen atoms in total. The second-order valence-corrected chi connectivity index (χ2v) is 7.59. The molecule has 0 aliphatic carbocycles. The van der Waals surface area contributed by atoms with Crippen molar-refractivity contribution in [2.45, 2.75) is 57.7 Å². The van der Waals surface area contributed by atoms with Crippen LogP contribution >= 0.6 is 0 Å². The predicted molar refractivity (Wildman–Crippen MR) is 104 cm³/mol. The Morgan fingerprint density at radius 3 is 2.89 bits per heavy atom. The number of benzene rings is 1. The number of nitrogens with one attached hydrogen (secondary N) is 1. The SMILES string of the molecule is CCn1c(C2Cc3cc(F)ccc3NC2=O)nnc1N1CC(OC)CCC1C. The Bertz CT molecular complexity index is 883. The summed E-state index contributed by atoms with van der Waals surface area (Å²) < 4.78 is 21.2. The number of carbonyl (C=O) groups is 1. The van der Waals surface area contributed by atoms with Crippen molar-refractivity contribution in [2.24, 2.45) is 0 Å². The number of hydrogen-bond acceptors (Lipinski definition) is 5. The minimum atomic E-state index is -0.492. The summed E-state index contributed by atoms with van der Waals surface area (Å²) >= 11 is 0. The first kappa shape index (κ1) is 18.9. The molecule has 28 heavy (non-hydrogen) atoms. The Labute approximate surface area is 163 Å². The van der Waals surface area contributed by atoms with E-state index in [1.54, 1.807) is 13.2 Å². The van der Waals surface area contributed by atoms with E-state index < -0.39 is 5.92 Å². The molecule has 3 heterocycles. The van der Waals surface area contributed by atoms with Crippen molar-refractivity contribution < 1.29 is 13.9 Å². The third-order valence-electron chi connectivity index (χ3n) is 5.88. The highest BCUT2D eigenvalue weighted by atomic mass is 19.1. The van der Waals surface area contributed by atoms with E-state index in [1.165, 1.54) is 12.1 Å². The lowest BCUT2D eigenvalue weighted by molar-refractivity contribution is -0.118. The third kappa shape index (κ3) is 3.26. The van der Waals surface area contributed by atoms with Gasteiger partial charge in [0.25, 0.3) is 0 Å². The van der Waals surface area contributed by atoms with Gasteiger partial charge in [-0.05, 0) is 56.9 Å². The summed E-state index contributed by atoms with van der Waals surface area (Å²) in [4.78, 5) is 15.0. The highest BCUT2D eigenvalue weighted by Gasteiger charge is 2.35. The molecule has 2 aliphatic rings. The molecule has 3 unspecified atom stereocenters. The molecule has 1 aromatic heterocycles. The van der Waals surface area contributed by atoms with Crippen LogP contribution in [0, 0.1) is 5.82 Å². The van der Waals surface area contributed by atoms with E-state index in [-0.39, 0.29) is 17.8 Å². The molecule has 0 spiro atoms. The van der Waals surface area contributed by atoms with E-state index >= 15 is 0 Å². The Balaban J connectivity index is 1.67. The van der Waals surface area contributed by atoms with E-state index in [4.69, 9.17) is 4.74 Å². The third-order valence-corrected chi connectivity index (χ3v) is 5.88. The van der Waals surface area contributed by atoms with Crippen molar-refractivity contribution in [3.8, 4) is 0 Å². The van der Waals surface area contributed by atoms with Crippen molar-refractivity contribution in [3.63, 3.8) is 0 Å². The normalized spacial score (nSPS) is 24.8. The van der Waals surface area contributed by atoms with Gasteiger partial charge in [0.1, 0.15) is 17.6 Å². The zero-order valence-corrected chi connectivity index (χ0v) is 16.5. The molecule has 1 amide bonds. The van der Waals surface area contributed by atoms with Gasteiger partial charge in [-0.1, -0.05) is 0 Å². The van der Waals surface area contributed by atoms with Crippen LogP contribution in [0.2, 0.25) is 0 Å². The molecule has 3 atom stereocenters. The van der Waals surface area contributed by atoms with Crippen LogP contribution in [0.3, 0.4) is 0 Å². The van der Waals surface area contributed by atoms with Crippen LogP contribution in [0.25, 0.3) is 0 Å². The lowest BCUT2D eigenvalue weighted by Gasteiger charge is -2.38. The number of rotatable bonds is 4. The number of methoxy groups -OCH3 is 1. The quantitative estimate of drug-likeness (QED) is 0.873. The molecule has 1 aromatic carbocycles. The minimum Gasteiger partial charge on any atom is -0.380 e. The fourth-order valence-corrected chi connectivity index (χ4v) is 4.22. The van der Waals surface area contributed by atoms with Crippen LogP contribution in [-0.2, 0) is 22.5 Å². The molecule has 2 aromatic rings. The lowest BCUT2D eigenvalue weighted by atomic mass is 9.92. The summed E-state index contributed by atoms with van der Waals surface area (Å²) in [6, 6.07) is 4.76. The average Bonchev–Trinajstić information content (AvgIpc) is 3.11. The molecule has 4 rings (SSSR count). The van der Waals surface area contributed by atoms with Gasteiger partial charge >= 0.3 is 0 Å². The molecule has 0 saturated carbocycles. The van der Waals surface area contributed by atoms with Gasteiger partial charge in [-0.3, -0.25) is 9.36 Å². The van der Waals surface area contributed by atoms with Gasteiger partial charge in [-0.15, -0.1) is 10.2 Å². The molecule has 150 valence electrons. The number of amides is 1. The zero-order valence-electron chi connectivity index (χ0n) is 16.5. The minimum absolute atomic E-state index is 0.130. The smallest absolute Gasteiger partial charge is 0.235 e. The number of halogens is 1. The molecule has 1 saturated heterocycles. The first-order chi connectivity index (χ1) is 13.5. The van der Waals surface area contributed by atoms with Crippen molar-refractivity contribution in [1.29, 1.82) is 0 Å². The number of anilines is 2. The second-order valence-electron chi connectivity index (χ2n) is 7.59. The van der Waals surface area contributed by atoms with Crippen molar-refractivity contribution >= 4 is 17.5 Å². The predicted octanol–water partition coefficient (Wildman–Crippen LogP) is 2.72. The van der Waals surface area contributed by atoms with Crippen LogP contribution in [0.5, 0.6) is 0 Å². The maximum Gasteiger partial charge on any atom is 0.235 e. The second kappa shape index (κ2) is 7.50. The topological polar surface area (TPSA) is 72.3 Å². The van der Waals surface area contributed by atoms with E-state index in [9.17, 15) is 9.18 Å². The van der Waals surface area contributed by atoms with E-state index in [0.717, 1.165) is 30.9 Å². The van der Waals surface area contributed by atoms with Crippen LogP contribution in [0.15, 0.2) is 18.2 Å². The van der Waals surface area contributed by atoms with Gasteiger partial charge in [0, 0.05) is 31.9 Å². The van der Waals surface area contributed by atoms with Crippen LogP contribution in [-0.4, -0.2) is 46.5 Å². The van der Waals surface area contributed by atoms with Crippen LogP contribution in [0.4, 0.5) is 16.0 Å². The standard InChI is InChI=1S/C20H26FN5O2/c1-4-25-18(16-10-13-9-14(21)6-8-17(13)22-19(16)27)23-24-20(25)26-11-15(28-3)7-5-12(26)2/h6,8-9,12,15-16H,4-5,7,10-11H2,1-3H3,(H,22,27). The molecular weight excluding hydrogens is 361 g/mol. The summed E-state index contributed by atoms with van der Waals surface area (Å²) in [5.41, 5.74) is 1.45. The van der Waals surface area contributed by atoms with Crippen molar-refractivity contribution in [1.82, 2.24) is 14.8 Å². The first-order valence-corrected chi connectivity index (χ1v) is 9.83. The number of aromatic nitrogens is 3. The average molecular weight is 387 g/mol. The Hall–Kier alpha value is -2.48. The van der Waals surface area contributed by atoms with E-state index in [2.05, 4.69) is 27.3 Å². The largest absolute Gasteiger partial charge is 0.380 e. The number of nitrogens with zero attached hydrogens (tertiary/aromatic N) is 4. The number of hydrogen-bond donors (Lipinski definition) is 1. The zero-order chi connectivity index (χ0) is 19.8. The number of carbonyl (C=O) groups excluding carboxylic acids is 1. The summed E-state index contributed by atoms with van der Waals surface area (Å²) in [6.07, 6.45) is 2.61. The monoisotopic (exact) mass is 387 g/mol. The first-order valence-electron chi connectivity index (χ1n) is 9.83. The summed E-state index contributed by atoms with van der Waals surface area (Å²) in [7, 11) is 1.73. The number of piperidine rings is 1. The highest BCUT2D eigenvalue weighted by molar-refractivity contribution is 5.98. The summed E-state index contributed by atoms with van der Waals surface area (Å²) in [5.74, 6) is 0.461. The Morgan fingerprint density at radius 2 is 2.14 bits per heavy atom.